The first kappa shape index (κ1) is 34.7. The van der Waals surface area contributed by atoms with Crippen LogP contribution in [0.15, 0.2) is 70.1 Å². The van der Waals surface area contributed by atoms with Crippen molar-refractivity contribution in [3.63, 3.8) is 0 Å². The van der Waals surface area contributed by atoms with Gasteiger partial charge in [0.2, 0.25) is 28.9 Å². The third-order valence-electron chi connectivity index (χ3n) is 8.78. The molecule has 5 aromatic rings. The summed E-state index contributed by atoms with van der Waals surface area (Å²) in [5.74, 6) is 2.23. The molecule has 0 saturated heterocycles. The number of carbonyl (C=O) groups excluding carboxylic acids is 2. The van der Waals surface area contributed by atoms with Crippen molar-refractivity contribution in [2.45, 2.75) is 32.2 Å². The number of furan rings is 1. The van der Waals surface area contributed by atoms with Crippen molar-refractivity contribution >= 4 is 28.7 Å². The summed E-state index contributed by atoms with van der Waals surface area (Å²) in [6.07, 6.45) is 4.19. The second-order valence-corrected chi connectivity index (χ2v) is 11.9. The van der Waals surface area contributed by atoms with E-state index < -0.39 is 11.5 Å². The molecule has 13 nitrogen and oxygen atoms in total. The van der Waals surface area contributed by atoms with Crippen molar-refractivity contribution in [1.29, 1.82) is 0 Å². The quantitative estimate of drug-likeness (QED) is 0.153. The van der Waals surface area contributed by atoms with Crippen LogP contribution in [0.4, 0.5) is 5.95 Å². The number of aromatic nitrogens is 2. The van der Waals surface area contributed by atoms with Crippen LogP contribution in [0, 0.1) is 0 Å². The molecular weight excluding hydrogens is 654 g/mol. The molecule has 1 atom stereocenters. The van der Waals surface area contributed by atoms with E-state index in [9.17, 15) is 14.4 Å². The predicted octanol–water partition coefficient (Wildman–Crippen LogP) is 4.85. The van der Waals surface area contributed by atoms with E-state index >= 15 is 0 Å². The molecule has 6 rings (SSSR count). The molecule has 0 fully saturated rings. The van der Waals surface area contributed by atoms with Crippen molar-refractivity contribution in [1.82, 2.24) is 20.6 Å². The van der Waals surface area contributed by atoms with Gasteiger partial charge in [0, 0.05) is 54.5 Å². The largest absolute Gasteiger partial charge is 0.497 e. The number of hydrogen-bond acceptors (Lipinski definition) is 11. The van der Waals surface area contributed by atoms with Crippen LogP contribution in [0.2, 0.25) is 0 Å². The predicted molar refractivity (Wildman–Crippen MR) is 192 cm³/mol. The number of fused-ring (bicyclic) bond motifs is 4. The Morgan fingerprint density at radius 3 is 2.33 bits per heavy atom. The molecule has 2 aromatic heterocycles. The first-order chi connectivity index (χ1) is 24.8. The Hall–Kier alpha value is -6.11. The maximum atomic E-state index is 14.2. The number of anilines is 1. The van der Waals surface area contributed by atoms with Crippen LogP contribution in [-0.4, -0.2) is 63.3 Å². The molecule has 13 heteroatoms. The van der Waals surface area contributed by atoms with E-state index in [-0.39, 0.29) is 23.8 Å². The van der Waals surface area contributed by atoms with E-state index in [4.69, 9.17) is 23.4 Å². The lowest BCUT2D eigenvalue weighted by molar-refractivity contribution is -0.120. The third-order valence-corrected chi connectivity index (χ3v) is 8.78. The standard InChI is InChI=1S/C38H39N5O8/c1-21(44)43-29-12-9-23-17-31(48-3)36(49-4)37(50-5)33(23)26-18-27-28(20-32(46)39-15-16-42-38-40-13-6-14-41-38)34(22-7-10-24(47-2)11-8-22)51-35(27)30(45)19-25(26)29/h6-8,10-11,13-14,17-19,29H,9,12,15-16,20H2,1-5H3,(H,39,46)(H,43,44)(H,40,41,42)/t29-/m0/s1. The lowest BCUT2D eigenvalue weighted by Crippen LogP contribution is -2.30. The smallest absolute Gasteiger partial charge is 0.224 e. The molecule has 1 aliphatic rings. The minimum Gasteiger partial charge on any atom is -0.497 e. The maximum Gasteiger partial charge on any atom is 0.224 e. The zero-order valence-corrected chi connectivity index (χ0v) is 29.0. The molecule has 3 aromatic carbocycles. The molecule has 0 bridgehead atoms. The van der Waals surface area contributed by atoms with Crippen molar-refractivity contribution in [3.05, 3.63) is 87.8 Å². The minimum absolute atomic E-state index is 0.0714. The molecule has 2 amide bonds. The SMILES string of the molecule is COc1ccc(-c2oc3c(=O)cc4c(cc3c2CC(=O)NCCNc2ncccn2)-c2c(cc(OC)c(OC)c2OC)CC[C@@H]4NC(C)=O)cc1. The van der Waals surface area contributed by atoms with Crippen LogP contribution < -0.4 is 40.3 Å². The third kappa shape index (κ3) is 7.14. The van der Waals surface area contributed by atoms with E-state index in [1.807, 2.05) is 24.3 Å². The van der Waals surface area contributed by atoms with Gasteiger partial charge in [0.05, 0.1) is 40.9 Å². The van der Waals surface area contributed by atoms with Crippen LogP contribution >= 0.6 is 0 Å². The second kappa shape index (κ2) is 15.2. The number of benzene rings is 2. The Labute approximate surface area is 294 Å². The maximum absolute atomic E-state index is 14.2. The number of methoxy groups -OCH3 is 4. The van der Waals surface area contributed by atoms with Gasteiger partial charge in [-0.15, -0.1) is 0 Å². The summed E-state index contributed by atoms with van der Waals surface area (Å²) in [6, 6.07) is 13.7. The summed E-state index contributed by atoms with van der Waals surface area (Å²) in [5, 5.41) is 9.49. The number of ether oxygens (including phenoxy) is 4. The Bertz CT molecular complexity index is 2130. The van der Waals surface area contributed by atoms with Gasteiger partial charge in [-0.1, -0.05) is 0 Å². The number of nitrogens with zero attached hydrogens (tertiary/aromatic N) is 2. The zero-order valence-electron chi connectivity index (χ0n) is 29.0. The van der Waals surface area contributed by atoms with Gasteiger partial charge in [-0.3, -0.25) is 14.4 Å². The summed E-state index contributed by atoms with van der Waals surface area (Å²) in [5.41, 5.74) is 3.61. The van der Waals surface area contributed by atoms with E-state index in [0.717, 1.165) is 5.56 Å². The van der Waals surface area contributed by atoms with Crippen molar-refractivity contribution in [2.24, 2.45) is 0 Å². The van der Waals surface area contributed by atoms with Gasteiger partial charge in [0.15, 0.2) is 17.1 Å². The van der Waals surface area contributed by atoms with Gasteiger partial charge in [-0.25, -0.2) is 9.97 Å². The fourth-order valence-corrected chi connectivity index (χ4v) is 6.52. The van der Waals surface area contributed by atoms with Crippen molar-refractivity contribution in [2.75, 3.05) is 46.8 Å². The first-order valence-electron chi connectivity index (χ1n) is 16.4. The van der Waals surface area contributed by atoms with E-state index in [2.05, 4.69) is 25.9 Å². The number of carbonyl (C=O) groups is 2. The Balaban J connectivity index is 1.54. The van der Waals surface area contributed by atoms with Crippen molar-refractivity contribution in [3.8, 4) is 45.4 Å². The number of aryl methyl sites for hydroxylation is 1. The van der Waals surface area contributed by atoms with E-state index in [1.165, 1.54) is 20.1 Å². The highest BCUT2D eigenvalue weighted by molar-refractivity contribution is 5.96. The summed E-state index contributed by atoms with van der Waals surface area (Å²) in [7, 11) is 6.20. The van der Waals surface area contributed by atoms with Gasteiger partial charge >= 0.3 is 0 Å². The normalized spacial score (nSPS) is 13.3. The number of nitrogens with one attached hydrogen (secondary N) is 3. The monoisotopic (exact) mass is 693 g/mol. The minimum atomic E-state index is -0.510. The highest BCUT2D eigenvalue weighted by Crippen LogP contribution is 2.51. The van der Waals surface area contributed by atoms with Crippen LogP contribution in [0.25, 0.3) is 33.4 Å². The van der Waals surface area contributed by atoms with Gasteiger partial charge in [0.25, 0.3) is 0 Å². The molecule has 264 valence electrons. The van der Waals surface area contributed by atoms with Gasteiger partial charge in [0.1, 0.15) is 11.5 Å². The van der Waals surface area contributed by atoms with E-state index in [0.29, 0.717) is 93.8 Å². The number of rotatable bonds is 12. The lowest BCUT2D eigenvalue weighted by Gasteiger charge is -2.20. The van der Waals surface area contributed by atoms with Crippen LogP contribution in [-0.2, 0) is 22.4 Å². The molecule has 51 heavy (non-hydrogen) atoms. The molecule has 3 N–H and O–H groups in total. The summed E-state index contributed by atoms with van der Waals surface area (Å²) < 4.78 is 29.2. The highest BCUT2D eigenvalue weighted by atomic mass is 16.5. The Morgan fingerprint density at radius 2 is 1.67 bits per heavy atom. The molecule has 0 aliphatic heterocycles. The molecule has 0 spiro atoms. The summed E-state index contributed by atoms with van der Waals surface area (Å²) in [6.45, 7) is 2.13. The molecule has 1 aliphatic carbocycles. The molecule has 0 radical (unpaired) electrons. The van der Waals surface area contributed by atoms with Crippen LogP contribution in [0.5, 0.6) is 23.0 Å². The number of hydrogen-bond donors (Lipinski definition) is 3. The molecule has 0 unspecified atom stereocenters. The van der Waals surface area contributed by atoms with Gasteiger partial charge in [-0.2, -0.15) is 0 Å². The Morgan fingerprint density at radius 1 is 0.922 bits per heavy atom. The average molecular weight is 694 g/mol. The summed E-state index contributed by atoms with van der Waals surface area (Å²) >= 11 is 0. The molecule has 0 saturated carbocycles. The van der Waals surface area contributed by atoms with E-state index in [1.54, 1.807) is 51.9 Å². The average Bonchev–Trinajstić information content (AvgIpc) is 3.34. The fourth-order valence-electron chi connectivity index (χ4n) is 6.52. The second-order valence-electron chi connectivity index (χ2n) is 11.9. The molecule has 2 heterocycles. The lowest BCUT2D eigenvalue weighted by atomic mass is 9.94. The fraction of sp³-hybridized carbons (Fsp3) is 0.289. The van der Waals surface area contributed by atoms with Gasteiger partial charge < -0.3 is 39.3 Å². The Kier molecular flexibility index (Phi) is 10.4. The van der Waals surface area contributed by atoms with Crippen LogP contribution in [0.3, 0.4) is 0 Å². The molecular formula is C38H39N5O8. The van der Waals surface area contributed by atoms with Crippen molar-refractivity contribution < 1.29 is 33.0 Å². The number of amides is 2. The topological polar surface area (TPSA) is 163 Å². The summed E-state index contributed by atoms with van der Waals surface area (Å²) in [4.78, 5) is 48.5. The first-order valence-corrected chi connectivity index (χ1v) is 16.4. The highest BCUT2D eigenvalue weighted by Gasteiger charge is 2.31. The zero-order chi connectivity index (χ0) is 36.1. The van der Waals surface area contributed by atoms with Crippen LogP contribution in [0.1, 0.15) is 36.1 Å². The van der Waals surface area contributed by atoms with Gasteiger partial charge in [-0.05, 0) is 78.1 Å².